The minimum Gasteiger partial charge on any atom is -0.491 e. The van der Waals surface area contributed by atoms with Crippen LogP contribution in [0, 0.1) is 10.1 Å². The van der Waals surface area contributed by atoms with Gasteiger partial charge in [-0.05, 0) is 23.6 Å². The summed E-state index contributed by atoms with van der Waals surface area (Å²) in [5.74, 6) is 0.137. The molecule has 3 aromatic rings. The van der Waals surface area contributed by atoms with Gasteiger partial charge in [-0.25, -0.2) is 0 Å². The summed E-state index contributed by atoms with van der Waals surface area (Å²) in [6.45, 7) is -0.0151. The van der Waals surface area contributed by atoms with Gasteiger partial charge in [-0.15, -0.1) is 0 Å². The molecule has 0 radical (unpaired) electrons. The molecule has 0 saturated heterocycles. The Morgan fingerprint density at radius 3 is 2.63 bits per heavy atom. The van der Waals surface area contributed by atoms with Gasteiger partial charge in [0.2, 0.25) is 0 Å². The van der Waals surface area contributed by atoms with Crippen LogP contribution in [0.5, 0.6) is 5.75 Å². The van der Waals surface area contributed by atoms with E-state index in [1.54, 1.807) is 17.0 Å². The first-order chi connectivity index (χ1) is 13.0. The zero-order valence-electron chi connectivity index (χ0n) is 14.2. The minimum atomic E-state index is -0.946. The molecule has 0 bridgehead atoms. The maximum absolute atomic E-state index is 12.7. The van der Waals surface area contributed by atoms with Crippen molar-refractivity contribution < 1.29 is 19.6 Å². The predicted octanol–water partition coefficient (Wildman–Crippen LogP) is 3.15. The van der Waals surface area contributed by atoms with Crippen LogP contribution in [0.15, 0.2) is 60.7 Å². The van der Waals surface area contributed by atoms with Crippen molar-refractivity contribution in [1.82, 2.24) is 0 Å². The SMILES string of the molecule is O=C1c2cccc3cccc(c23)N1C[C@H](O)COc1cccc([N+](=O)[O-])c1. The van der Waals surface area contributed by atoms with E-state index >= 15 is 0 Å². The Balaban J connectivity index is 1.47. The number of rotatable bonds is 6. The number of carbonyl (C=O) groups excluding carboxylic acids is 1. The fourth-order valence-corrected chi connectivity index (χ4v) is 3.30. The Kier molecular flexibility index (Phi) is 4.21. The van der Waals surface area contributed by atoms with E-state index in [1.807, 2.05) is 30.3 Å². The molecule has 0 aromatic heterocycles. The number of hydrogen-bond acceptors (Lipinski definition) is 5. The zero-order chi connectivity index (χ0) is 19.0. The number of hydrogen-bond donors (Lipinski definition) is 1. The van der Waals surface area contributed by atoms with Crippen molar-refractivity contribution in [2.45, 2.75) is 6.10 Å². The summed E-state index contributed by atoms with van der Waals surface area (Å²) in [5, 5.41) is 23.0. The fraction of sp³-hybridized carbons (Fsp3) is 0.150. The average molecular weight is 364 g/mol. The highest BCUT2D eigenvalue weighted by Crippen LogP contribution is 2.37. The van der Waals surface area contributed by atoms with E-state index in [2.05, 4.69) is 0 Å². The smallest absolute Gasteiger partial charge is 0.273 e. The summed E-state index contributed by atoms with van der Waals surface area (Å²) in [5.41, 5.74) is 1.30. The molecule has 7 nitrogen and oxygen atoms in total. The lowest BCUT2D eigenvalue weighted by Gasteiger charge is -2.21. The Morgan fingerprint density at radius 2 is 1.85 bits per heavy atom. The Labute approximate surface area is 154 Å². The number of anilines is 1. The van der Waals surface area contributed by atoms with Gasteiger partial charge in [0.15, 0.2) is 0 Å². The monoisotopic (exact) mass is 364 g/mol. The number of nitrogens with zero attached hydrogens (tertiary/aromatic N) is 2. The molecule has 0 aliphatic carbocycles. The van der Waals surface area contributed by atoms with Crippen molar-refractivity contribution >= 4 is 28.1 Å². The maximum atomic E-state index is 12.7. The first-order valence-corrected chi connectivity index (χ1v) is 8.43. The van der Waals surface area contributed by atoms with Crippen LogP contribution >= 0.6 is 0 Å². The van der Waals surface area contributed by atoms with E-state index in [-0.39, 0.29) is 24.7 Å². The lowest BCUT2D eigenvalue weighted by Crippen LogP contribution is -2.37. The number of aliphatic hydroxyl groups is 1. The number of β-amino-alcohol motifs (C(OH)–C–C–N with tert-alkyl or cyclic N) is 1. The quantitative estimate of drug-likeness (QED) is 0.536. The Bertz CT molecular complexity index is 1040. The summed E-state index contributed by atoms with van der Waals surface area (Å²) in [6.07, 6.45) is -0.946. The summed E-state index contributed by atoms with van der Waals surface area (Å²) in [6, 6.07) is 17.0. The Hall–Kier alpha value is -3.45. The molecule has 0 spiro atoms. The first kappa shape index (κ1) is 17.0. The van der Waals surface area contributed by atoms with E-state index in [0.29, 0.717) is 11.3 Å². The lowest BCUT2D eigenvalue weighted by atomic mass is 10.1. The van der Waals surface area contributed by atoms with Crippen molar-refractivity contribution in [3.05, 3.63) is 76.3 Å². The molecule has 1 heterocycles. The summed E-state index contributed by atoms with van der Waals surface area (Å²) >= 11 is 0. The number of non-ortho nitro benzene ring substituents is 1. The molecule has 1 atom stereocenters. The number of ether oxygens (including phenoxy) is 1. The lowest BCUT2D eigenvalue weighted by molar-refractivity contribution is -0.384. The van der Waals surface area contributed by atoms with Crippen molar-refractivity contribution in [2.24, 2.45) is 0 Å². The number of aliphatic hydroxyl groups excluding tert-OH is 1. The van der Waals surface area contributed by atoms with Gasteiger partial charge in [-0.2, -0.15) is 0 Å². The third-order valence-corrected chi connectivity index (χ3v) is 4.51. The molecule has 0 fully saturated rings. The summed E-state index contributed by atoms with van der Waals surface area (Å²) in [4.78, 5) is 24.5. The van der Waals surface area contributed by atoms with Crippen LogP contribution in [0.2, 0.25) is 0 Å². The Morgan fingerprint density at radius 1 is 1.11 bits per heavy atom. The van der Waals surface area contributed by atoms with Crippen LogP contribution in [0.1, 0.15) is 10.4 Å². The van der Waals surface area contributed by atoms with Crippen molar-refractivity contribution in [2.75, 3.05) is 18.1 Å². The van der Waals surface area contributed by atoms with Crippen molar-refractivity contribution in [3.8, 4) is 5.75 Å². The molecular formula is C20H16N2O5. The first-order valence-electron chi connectivity index (χ1n) is 8.43. The molecule has 1 aliphatic rings. The van der Waals surface area contributed by atoms with Gasteiger partial charge in [-0.3, -0.25) is 14.9 Å². The molecule has 4 rings (SSSR count). The molecule has 136 valence electrons. The van der Waals surface area contributed by atoms with Crippen molar-refractivity contribution in [1.29, 1.82) is 0 Å². The molecule has 1 aliphatic heterocycles. The third kappa shape index (κ3) is 3.09. The second-order valence-electron chi connectivity index (χ2n) is 6.32. The van der Waals surface area contributed by atoms with Crippen LogP contribution in [0.25, 0.3) is 10.8 Å². The zero-order valence-corrected chi connectivity index (χ0v) is 14.2. The van der Waals surface area contributed by atoms with E-state index in [9.17, 15) is 20.0 Å². The predicted molar refractivity (Wildman–Crippen MR) is 100 cm³/mol. The topological polar surface area (TPSA) is 92.9 Å². The number of benzene rings is 3. The highest BCUT2D eigenvalue weighted by Gasteiger charge is 2.30. The van der Waals surface area contributed by atoms with Gasteiger partial charge in [0, 0.05) is 17.0 Å². The molecule has 1 amide bonds. The average Bonchev–Trinajstić information content (AvgIpc) is 2.95. The normalized spacial score (nSPS) is 13.8. The van der Waals surface area contributed by atoms with Crippen LogP contribution in [-0.4, -0.2) is 35.2 Å². The molecule has 3 aromatic carbocycles. The second kappa shape index (κ2) is 6.69. The van der Waals surface area contributed by atoms with Gasteiger partial charge in [-0.1, -0.05) is 30.3 Å². The molecule has 7 heteroatoms. The van der Waals surface area contributed by atoms with Crippen LogP contribution in [0.3, 0.4) is 0 Å². The standard InChI is InChI=1S/C20H16N2O5/c23-15(12-27-16-7-3-6-14(10-16)22(25)26)11-21-18-9-2-5-13-4-1-8-17(19(13)18)20(21)24/h1-10,15,23H,11-12H2/t15-/m0/s1. The van der Waals surface area contributed by atoms with E-state index in [0.717, 1.165) is 16.5 Å². The molecule has 1 N–H and O–H groups in total. The molecule has 27 heavy (non-hydrogen) atoms. The molecule has 0 saturated carbocycles. The largest absolute Gasteiger partial charge is 0.491 e. The number of carbonyl (C=O) groups is 1. The van der Waals surface area contributed by atoms with Crippen molar-refractivity contribution in [3.63, 3.8) is 0 Å². The number of amides is 1. The number of nitro benzene ring substituents is 1. The van der Waals surface area contributed by atoms with Gasteiger partial charge >= 0.3 is 0 Å². The van der Waals surface area contributed by atoms with Gasteiger partial charge in [0.05, 0.1) is 23.2 Å². The third-order valence-electron chi connectivity index (χ3n) is 4.51. The minimum absolute atomic E-state index is 0.0710. The maximum Gasteiger partial charge on any atom is 0.273 e. The van der Waals surface area contributed by atoms with Gasteiger partial charge in [0.25, 0.3) is 11.6 Å². The molecular weight excluding hydrogens is 348 g/mol. The van der Waals surface area contributed by atoms with Gasteiger partial charge in [0.1, 0.15) is 18.5 Å². The number of nitro groups is 1. The molecule has 0 unspecified atom stereocenters. The highest BCUT2D eigenvalue weighted by molar-refractivity contribution is 6.25. The van der Waals surface area contributed by atoms with Crippen LogP contribution in [-0.2, 0) is 0 Å². The van der Waals surface area contributed by atoms with E-state index in [4.69, 9.17) is 4.74 Å². The summed E-state index contributed by atoms with van der Waals surface area (Å²) in [7, 11) is 0. The van der Waals surface area contributed by atoms with Crippen LogP contribution < -0.4 is 9.64 Å². The van der Waals surface area contributed by atoms with Crippen LogP contribution in [0.4, 0.5) is 11.4 Å². The van der Waals surface area contributed by atoms with E-state index in [1.165, 1.54) is 18.2 Å². The van der Waals surface area contributed by atoms with E-state index < -0.39 is 11.0 Å². The second-order valence-corrected chi connectivity index (χ2v) is 6.32. The highest BCUT2D eigenvalue weighted by atomic mass is 16.6. The summed E-state index contributed by atoms with van der Waals surface area (Å²) < 4.78 is 5.46. The fourth-order valence-electron chi connectivity index (χ4n) is 3.30. The van der Waals surface area contributed by atoms with Gasteiger partial charge < -0.3 is 14.7 Å².